The monoisotopic (exact) mass is 140 g/mol. The van der Waals surface area contributed by atoms with Gasteiger partial charge in [0.2, 0.25) is 0 Å². The van der Waals surface area contributed by atoms with E-state index in [-0.39, 0.29) is 0 Å². The fourth-order valence-electron chi connectivity index (χ4n) is 2.36. The van der Waals surface area contributed by atoms with Crippen molar-refractivity contribution in [1.82, 2.24) is 4.90 Å². The van der Waals surface area contributed by atoms with Crippen molar-refractivity contribution in [3.8, 4) is 0 Å². The predicted octanol–water partition coefficient (Wildman–Crippen LogP) is 0.429. The Hall–Kier alpha value is -0.0800. The molecule has 2 heterocycles. The quantitative estimate of drug-likeness (QED) is 0.572. The van der Waals surface area contributed by atoms with Crippen LogP contribution in [0.1, 0.15) is 19.3 Å². The first-order chi connectivity index (χ1) is 4.90. The van der Waals surface area contributed by atoms with E-state index in [9.17, 15) is 0 Å². The second kappa shape index (κ2) is 2.51. The van der Waals surface area contributed by atoms with Gasteiger partial charge in [0.05, 0.1) is 0 Å². The lowest BCUT2D eigenvalue weighted by molar-refractivity contribution is 0.318. The molecule has 2 heteroatoms. The molecule has 0 unspecified atom stereocenters. The molecular formula is C8H16N2. The van der Waals surface area contributed by atoms with Crippen LogP contribution in [0, 0.1) is 5.92 Å². The largest absolute Gasteiger partial charge is 0.330 e. The second-order valence-corrected chi connectivity index (χ2v) is 3.63. The second-order valence-electron chi connectivity index (χ2n) is 3.63. The van der Waals surface area contributed by atoms with E-state index in [1.54, 1.807) is 0 Å². The van der Waals surface area contributed by atoms with E-state index in [1.807, 2.05) is 0 Å². The lowest BCUT2D eigenvalue weighted by Crippen LogP contribution is -2.23. The highest BCUT2D eigenvalue weighted by atomic mass is 15.2. The van der Waals surface area contributed by atoms with E-state index in [1.165, 1.54) is 32.4 Å². The van der Waals surface area contributed by atoms with E-state index >= 15 is 0 Å². The van der Waals surface area contributed by atoms with E-state index in [0.717, 1.165) is 18.5 Å². The molecule has 2 saturated heterocycles. The standard InChI is InChI=1S/C8H16N2/c9-5-7-4-8-2-1-3-10(8)6-7/h7-8H,1-6,9H2/t7-,8+/m1/s1. The van der Waals surface area contributed by atoms with Crippen molar-refractivity contribution < 1.29 is 0 Å². The van der Waals surface area contributed by atoms with Crippen LogP contribution >= 0.6 is 0 Å². The van der Waals surface area contributed by atoms with Crippen LogP contribution in [0.3, 0.4) is 0 Å². The topological polar surface area (TPSA) is 29.3 Å². The minimum atomic E-state index is 0.810. The summed E-state index contributed by atoms with van der Waals surface area (Å²) in [6.45, 7) is 3.51. The Morgan fingerprint density at radius 3 is 3.10 bits per heavy atom. The Kier molecular flexibility index (Phi) is 1.66. The first kappa shape index (κ1) is 6.62. The minimum absolute atomic E-state index is 0.810. The zero-order chi connectivity index (χ0) is 6.97. The summed E-state index contributed by atoms with van der Waals surface area (Å²) in [6.07, 6.45) is 4.22. The molecule has 2 aliphatic heterocycles. The van der Waals surface area contributed by atoms with Gasteiger partial charge in [-0.25, -0.2) is 0 Å². The molecule has 2 fully saturated rings. The summed E-state index contributed by atoms with van der Waals surface area (Å²) >= 11 is 0. The maximum absolute atomic E-state index is 5.61. The highest BCUT2D eigenvalue weighted by Crippen LogP contribution is 2.30. The molecular weight excluding hydrogens is 124 g/mol. The lowest BCUT2D eigenvalue weighted by Gasteiger charge is -2.12. The molecule has 0 bridgehead atoms. The van der Waals surface area contributed by atoms with Gasteiger partial charge in [-0.3, -0.25) is 0 Å². The number of nitrogens with zero attached hydrogens (tertiary/aromatic N) is 1. The third-order valence-electron chi connectivity index (χ3n) is 2.93. The summed E-state index contributed by atoms with van der Waals surface area (Å²) in [5.41, 5.74) is 5.61. The molecule has 2 rings (SSSR count). The minimum Gasteiger partial charge on any atom is -0.330 e. The molecule has 0 radical (unpaired) electrons. The molecule has 10 heavy (non-hydrogen) atoms. The van der Waals surface area contributed by atoms with Crippen LogP contribution in [0.4, 0.5) is 0 Å². The van der Waals surface area contributed by atoms with Gasteiger partial charge in [-0.1, -0.05) is 0 Å². The summed E-state index contributed by atoms with van der Waals surface area (Å²) in [5, 5.41) is 0. The van der Waals surface area contributed by atoms with Crippen LogP contribution in [0.15, 0.2) is 0 Å². The normalized spacial score (nSPS) is 40.5. The average molecular weight is 140 g/mol. The van der Waals surface area contributed by atoms with Crippen molar-refractivity contribution in [1.29, 1.82) is 0 Å². The van der Waals surface area contributed by atoms with Crippen molar-refractivity contribution >= 4 is 0 Å². The zero-order valence-corrected chi connectivity index (χ0v) is 6.42. The van der Waals surface area contributed by atoms with Crippen LogP contribution in [-0.4, -0.2) is 30.6 Å². The third-order valence-corrected chi connectivity index (χ3v) is 2.93. The number of rotatable bonds is 1. The summed E-state index contributed by atoms with van der Waals surface area (Å²) in [7, 11) is 0. The fourth-order valence-corrected chi connectivity index (χ4v) is 2.36. The highest BCUT2D eigenvalue weighted by molar-refractivity contribution is 4.89. The zero-order valence-electron chi connectivity index (χ0n) is 6.42. The maximum Gasteiger partial charge on any atom is 0.00994 e. The van der Waals surface area contributed by atoms with Gasteiger partial charge in [0.15, 0.2) is 0 Å². The average Bonchev–Trinajstić information content (AvgIpc) is 2.42. The molecule has 0 amide bonds. The van der Waals surface area contributed by atoms with Crippen molar-refractivity contribution in [2.24, 2.45) is 11.7 Å². The Morgan fingerprint density at radius 1 is 1.50 bits per heavy atom. The summed E-state index contributed by atoms with van der Waals surface area (Å²) in [4.78, 5) is 2.61. The molecule has 58 valence electrons. The number of hydrogen-bond donors (Lipinski definition) is 1. The SMILES string of the molecule is NC[C@H]1C[C@@H]2CCCN2C1. The van der Waals surface area contributed by atoms with E-state index < -0.39 is 0 Å². The number of fused-ring (bicyclic) bond motifs is 1. The van der Waals surface area contributed by atoms with Gasteiger partial charge in [-0.2, -0.15) is 0 Å². The van der Waals surface area contributed by atoms with Gasteiger partial charge in [0.1, 0.15) is 0 Å². The lowest BCUT2D eigenvalue weighted by atomic mass is 10.0. The molecule has 0 aromatic heterocycles. The van der Waals surface area contributed by atoms with Crippen molar-refractivity contribution in [3.63, 3.8) is 0 Å². The van der Waals surface area contributed by atoms with Gasteiger partial charge in [0, 0.05) is 12.6 Å². The molecule has 2 N–H and O–H groups in total. The Bertz CT molecular complexity index is 112. The summed E-state index contributed by atoms with van der Waals surface area (Å²) in [5.74, 6) is 0.810. The van der Waals surface area contributed by atoms with E-state index in [2.05, 4.69) is 4.90 Å². The Labute approximate surface area is 62.4 Å². The first-order valence-electron chi connectivity index (χ1n) is 4.34. The third kappa shape index (κ3) is 0.956. The van der Waals surface area contributed by atoms with Crippen LogP contribution in [-0.2, 0) is 0 Å². The van der Waals surface area contributed by atoms with Crippen LogP contribution in [0.5, 0.6) is 0 Å². The predicted molar refractivity (Wildman–Crippen MR) is 41.8 cm³/mol. The van der Waals surface area contributed by atoms with Crippen LogP contribution in [0.2, 0.25) is 0 Å². The number of hydrogen-bond acceptors (Lipinski definition) is 2. The van der Waals surface area contributed by atoms with E-state index in [0.29, 0.717) is 0 Å². The molecule has 2 aliphatic rings. The van der Waals surface area contributed by atoms with Gasteiger partial charge in [-0.15, -0.1) is 0 Å². The summed E-state index contributed by atoms with van der Waals surface area (Å²) < 4.78 is 0. The molecule has 2 atom stereocenters. The maximum atomic E-state index is 5.61. The molecule has 0 aromatic carbocycles. The van der Waals surface area contributed by atoms with Gasteiger partial charge >= 0.3 is 0 Å². The first-order valence-corrected chi connectivity index (χ1v) is 4.34. The molecule has 2 nitrogen and oxygen atoms in total. The highest BCUT2D eigenvalue weighted by Gasteiger charge is 2.33. The van der Waals surface area contributed by atoms with Crippen molar-refractivity contribution in [3.05, 3.63) is 0 Å². The van der Waals surface area contributed by atoms with E-state index in [4.69, 9.17) is 5.73 Å². The van der Waals surface area contributed by atoms with Crippen molar-refractivity contribution in [2.45, 2.75) is 25.3 Å². The number of nitrogens with two attached hydrogens (primary N) is 1. The Balaban J connectivity index is 1.94. The molecule has 0 aliphatic carbocycles. The van der Waals surface area contributed by atoms with Gasteiger partial charge in [0.25, 0.3) is 0 Å². The molecule has 0 saturated carbocycles. The smallest absolute Gasteiger partial charge is 0.00994 e. The fraction of sp³-hybridized carbons (Fsp3) is 1.00. The summed E-state index contributed by atoms with van der Waals surface area (Å²) in [6, 6.07) is 0.911. The van der Waals surface area contributed by atoms with Gasteiger partial charge < -0.3 is 10.6 Å². The van der Waals surface area contributed by atoms with Gasteiger partial charge in [-0.05, 0) is 38.3 Å². The van der Waals surface area contributed by atoms with Crippen molar-refractivity contribution in [2.75, 3.05) is 19.6 Å². The molecule has 0 spiro atoms. The van der Waals surface area contributed by atoms with Crippen LogP contribution < -0.4 is 5.73 Å². The Morgan fingerprint density at radius 2 is 2.40 bits per heavy atom. The van der Waals surface area contributed by atoms with Crippen LogP contribution in [0.25, 0.3) is 0 Å². The molecule has 0 aromatic rings.